The average molecular weight is 526 g/mol. The lowest BCUT2D eigenvalue weighted by Gasteiger charge is -2.56. The molecular formula is C28H36ClN5O3. The molecule has 8 nitrogen and oxygen atoms in total. The van der Waals surface area contributed by atoms with Crippen LogP contribution >= 0.6 is 11.6 Å². The Bertz CT molecular complexity index is 1350. The summed E-state index contributed by atoms with van der Waals surface area (Å²) in [6.07, 6.45) is 0.708. The molecule has 1 aliphatic heterocycles. The SMILES string of the molecule is CC(C)(C)c1cc(-c2ccc(Cl)cc2)nn2cc(C(=O)N3CCN(C(=O)O)C(C(C)(C)C)C3(C)C)nc12. The van der Waals surface area contributed by atoms with Crippen LogP contribution in [0.2, 0.25) is 5.02 Å². The number of carbonyl (C=O) groups is 2. The van der Waals surface area contributed by atoms with Crippen molar-refractivity contribution in [2.75, 3.05) is 13.1 Å². The lowest BCUT2D eigenvalue weighted by Crippen LogP contribution is -2.71. The minimum absolute atomic E-state index is 0.234. The van der Waals surface area contributed by atoms with Crippen LogP contribution in [-0.4, -0.2) is 66.2 Å². The summed E-state index contributed by atoms with van der Waals surface area (Å²) in [5.74, 6) is -0.234. The Kier molecular flexibility index (Phi) is 6.56. The summed E-state index contributed by atoms with van der Waals surface area (Å²) >= 11 is 6.08. The number of benzene rings is 1. The number of hydrogen-bond donors (Lipinski definition) is 1. The minimum atomic E-state index is -0.971. The maximum absolute atomic E-state index is 13.9. The van der Waals surface area contributed by atoms with Crippen molar-refractivity contribution in [3.63, 3.8) is 0 Å². The highest BCUT2D eigenvalue weighted by Gasteiger charge is 2.52. The molecule has 9 heteroatoms. The molecule has 3 heterocycles. The molecule has 2 amide bonds. The fourth-order valence-electron chi connectivity index (χ4n) is 5.78. The van der Waals surface area contributed by atoms with E-state index >= 15 is 0 Å². The first-order chi connectivity index (χ1) is 17.0. The van der Waals surface area contributed by atoms with Gasteiger partial charge in [0.2, 0.25) is 0 Å². The predicted octanol–water partition coefficient (Wildman–Crippen LogP) is 5.98. The summed E-state index contributed by atoms with van der Waals surface area (Å²) in [6.45, 7) is 16.7. The third-order valence-electron chi connectivity index (χ3n) is 7.14. The van der Waals surface area contributed by atoms with Crippen LogP contribution in [0.5, 0.6) is 0 Å². The molecule has 3 aromatic rings. The average Bonchev–Trinajstić information content (AvgIpc) is 3.20. The fourth-order valence-corrected chi connectivity index (χ4v) is 5.91. The molecular weight excluding hydrogens is 490 g/mol. The monoisotopic (exact) mass is 525 g/mol. The number of rotatable bonds is 2. The van der Waals surface area contributed by atoms with E-state index < -0.39 is 17.7 Å². The van der Waals surface area contributed by atoms with Crippen molar-refractivity contribution in [3.8, 4) is 11.3 Å². The van der Waals surface area contributed by atoms with E-state index in [0.717, 1.165) is 16.8 Å². The summed E-state index contributed by atoms with van der Waals surface area (Å²) in [5, 5.41) is 15.3. The van der Waals surface area contributed by atoms with Gasteiger partial charge in [0.1, 0.15) is 5.69 Å². The molecule has 1 N–H and O–H groups in total. The van der Waals surface area contributed by atoms with Gasteiger partial charge in [0.05, 0.1) is 23.5 Å². The number of carboxylic acid groups (broad SMARTS) is 1. The van der Waals surface area contributed by atoms with Crippen LogP contribution in [0.25, 0.3) is 16.9 Å². The maximum Gasteiger partial charge on any atom is 0.407 e. The zero-order valence-corrected chi connectivity index (χ0v) is 23.6. The summed E-state index contributed by atoms with van der Waals surface area (Å²) in [5.41, 5.74) is 2.17. The van der Waals surface area contributed by atoms with E-state index in [4.69, 9.17) is 21.7 Å². The molecule has 0 bridgehead atoms. The highest BCUT2D eigenvalue weighted by atomic mass is 35.5. The largest absolute Gasteiger partial charge is 0.465 e. The summed E-state index contributed by atoms with van der Waals surface area (Å²) in [6, 6.07) is 9.11. The van der Waals surface area contributed by atoms with Crippen LogP contribution in [0.3, 0.4) is 0 Å². The Morgan fingerprint density at radius 3 is 2.22 bits per heavy atom. The third-order valence-corrected chi connectivity index (χ3v) is 7.40. The highest BCUT2D eigenvalue weighted by Crippen LogP contribution is 2.39. The highest BCUT2D eigenvalue weighted by molar-refractivity contribution is 6.30. The minimum Gasteiger partial charge on any atom is -0.465 e. The molecule has 1 unspecified atom stereocenters. The van der Waals surface area contributed by atoms with Crippen molar-refractivity contribution in [2.24, 2.45) is 5.41 Å². The first-order valence-corrected chi connectivity index (χ1v) is 12.9. The van der Waals surface area contributed by atoms with E-state index in [9.17, 15) is 14.7 Å². The Balaban J connectivity index is 1.80. The second-order valence-corrected chi connectivity index (χ2v) is 12.9. The van der Waals surface area contributed by atoms with Gasteiger partial charge in [-0.25, -0.2) is 14.3 Å². The number of imidazole rings is 1. The smallest absolute Gasteiger partial charge is 0.407 e. The van der Waals surface area contributed by atoms with E-state index in [1.807, 2.05) is 65.0 Å². The molecule has 37 heavy (non-hydrogen) atoms. The number of hydrogen-bond acceptors (Lipinski definition) is 4. The number of amides is 2. The van der Waals surface area contributed by atoms with Crippen LogP contribution in [0, 0.1) is 5.41 Å². The van der Waals surface area contributed by atoms with Gasteiger partial charge in [-0.3, -0.25) is 4.79 Å². The zero-order valence-electron chi connectivity index (χ0n) is 22.8. The molecule has 0 aliphatic carbocycles. The number of nitrogens with zero attached hydrogens (tertiary/aromatic N) is 5. The van der Waals surface area contributed by atoms with Crippen LogP contribution in [0.4, 0.5) is 4.79 Å². The van der Waals surface area contributed by atoms with E-state index in [1.54, 1.807) is 15.6 Å². The van der Waals surface area contributed by atoms with Gasteiger partial charge < -0.3 is 14.9 Å². The predicted molar refractivity (Wildman–Crippen MR) is 145 cm³/mol. The van der Waals surface area contributed by atoms with Crippen molar-refractivity contribution in [1.82, 2.24) is 24.4 Å². The van der Waals surface area contributed by atoms with E-state index in [-0.39, 0.29) is 35.5 Å². The summed E-state index contributed by atoms with van der Waals surface area (Å²) < 4.78 is 1.68. The van der Waals surface area contributed by atoms with Crippen LogP contribution < -0.4 is 0 Å². The standard InChI is InChI=1S/C28H36ClN5O3/c1-26(2,3)19-15-20(17-9-11-18(29)12-10-17)31-34-16-21(30-22(19)34)23(35)33-14-13-32(25(36)37)24(27(4,5)6)28(33,7)8/h9-12,15-16,24H,13-14H2,1-8H3,(H,36,37). The van der Waals surface area contributed by atoms with Gasteiger partial charge in [-0.2, -0.15) is 5.10 Å². The van der Waals surface area contributed by atoms with E-state index in [2.05, 4.69) is 20.8 Å². The van der Waals surface area contributed by atoms with Gasteiger partial charge in [0, 0.05) is 29.2 Å². The Morgan fingerprint density at radius 1 is 1.05 bits per heavy atom. The van der Waals surface area contributed by atoms with Crippen molar-refractivity contribution < 1.29 is 14.7 Å². The van der Waals surface area contributed by atoms with Gasteiger partial charge in [0.15, 0.2) is 5.65 Å². The molecule has 1 aromatic carbocycles. The molecule has 0 spiro atoms. The van der Waals surface area contributed by atoms with Gasteiger partial charge in [-0.1, -0.05) is 65.3 Å². The quantitative estimate of drug-likeness (QED) is 0.444. The number of carbonyl (C=O) groups excluding carboxylic acids is 1. The molecule has 2 aromatic heterocycles. The Labute approximate surface area is 223 Å². The lowest BCUT2D eigenvalue weighted by molar-refractivity contribution is -0.0521. The molecule has 1 aliphatic rings. The molecule has 1 fully saturated rings. The zero-order chi connectivity index (χ0) is 27.5. The van der Waals surface area contributed by atoms with Gasteiger partial charge in [-0.05, 0) is 42.9 Å². The molecule has 1 atom stereocenters. The van der Waals surface area contributed by atoms with Crippen molar-refractivity contribution >= 4 is 29.2 Å². The maximum atomic E-state index is 13.9. The van der Waals surface area contributed by atoms with Crippen molar-refractivity contribution in [2.45, 2.75) is 72.4 Å². The first-order valence-electron chi connectivity index (χ1n) is 12.5. The number of aromatic nitrogens is 3. The fraction of sp³-hybridized carbons (Fsp3) is 0.500. The van der Waals surface area contributed by atoms with Gasteiger partial charge >= 0.3 is 6.09 Å². The van der Waals surface area contributed by atoms with Crippen molar-refractivity contribution in [3.05, 3.63) is 52.8 Å². The summed E-state index contributed by atoms with van der Waals surface area (Å²) in [4.78, 5) is 34.0. The van der Waals surface area contributed by atoms with Gasteiger partial charge in [-0.15, -0.1) is 0 Å². The molecule has 198 valence electrons. The Hall–Kier alpha value is -3.13. The molecule has 0 saturated carbocycles. The van der Waals surface area contributed by atoms with E-state index in [0.29, 0.717) is 10.7 Å². The van der Waals surface area contributed by atoms with Crippen LogP contribution in [-0.2, 0) is 5.41 Å². The molecule has 1 saturated heterocycles. The molecule has 4 rings (SSSR count). The second-order valence-electron chi connectivity index (χ2n) is 12.4. The summed E-state index contributed by atoms with van der Waals surface area (Å²) in [7, 11) is 0. The Morgan fingerprint density at radius 2 is 1.68 bits per heavy atom. The van der Waals surface area contributed by atoms with Crippen LogP contribution in [0.15, 0.2) is 36.5 Å². The van der Waals surface area contributed by atoms with Crippen LogP contribution in [0.1, 0.15) is 71.4 Å². The topological polar surface area (TPSA) is 91.0 Å². The number of halogens is 1. The van der Waals surface area contributed by atoms with Crippen molar-refractivity contribution in [1.29, 1.82) is 0 Å². The number of fused-ring (bicyclic) bond motifs is 1. The third kappa shape index (κ3) is 4.91. The molecule has 0 radical (unpaired) electrons. The van der Waals surface area contributed by atoms with Gasteiger partial charge in [0.25, 0.3) is 5.91 Å². The first kappa shape index (κ1) is 26.9. The lowest BCUT2D eigenvalue weighted by atomic mass is 9.72. The number of piperazine rings is 1. The van der Waals surface area contributed by atoms with E-state index in [1.165, 1.54) is 4.90 Å². The second kappa shape index (κ2) is 9.01. The normalized spacial score (nSPS) is 18.4.